The molecule has 4 rings (SSSR count). The first kappa shape index (κ1) is 36.1. The summed E-state index contributed by atoms with van der Waals surface area (Å²) in [5.41, 5.74) is 7.38. The number of methoxy groups -OCH3 is 2. The first-order valence-electron chi connectivity index (χ1n) is 11.9. The Bertz CT molecular complexity index is 2160. The van der Waals surface area contributed by atoms with Gasteiger partial charge in [0, 0.05) is 40.3 Å². The van der Waals surface area contributed by atoms with E-state index >= 15 is 0 Å². The predicted molar refractivity (Wildman–Crippen MR) is 160 cm³/mol. The molecule has 2 aromatic rings. The van der Waals surface area contributed by atoms with Crippen molar-refractivity contribution < 1.29 is 75.0 Å². The number of nitrogens with two attached hydrogens (primary N) is 1. The molecule has 0 unspecified atom stereocenters. The molecule has 1 radical (unpaired) electrons. The van der Waals surface area contributed by atoms with Crippen molar-refractivity contribution in [2.24, 2.45) is 10.2 Å². The molecule has 2 aliphatic carbocycles. The van der Waals surface area contributed by atoms with Gasteiger partial charge in [0.15, 0.2) is 17.2 Å². The maximum absolute atomic E-state index is 13.4. The molecule has 2 aromatic carbocycles. The van der Waals surface area contributed by atoms with Crippen LogP contribution >= 0.6 is 0 Å². The second-order valence-electron chi connectivity index (χ2n) is 8.89. The van der Waals surface area contributed by atoms with Crippen molar-refractivity contribution >= 4 is 76.5 Å². The van der Waals surface area contributed by atoms with Gasteiger partial charge in [0.2, 0.25) is 11.6 Å². The Morgan fingerprint density at radius 2 is 1.35 bits per heavy atom. The van der Waals surface area contributed by atoms with Crippen LogP contribution in [0.4, 0.5) is 17.1 Å². The van der Waals surface area contributed by atoms with Gasteiger partial charge >= 0.3 is 0 Å². The number of allylic oxidation sites excluding steroid dienone is 4. The van der Waals surface area contributed by atoms with Crippen LogP contribution in [-0.2, 0) is 52.2 Å². The molecule has 0 aromatic heterocycles. The number of ketones is 2. The maximum Gasteiger partial charge on any atom is 0.297 e. The molecule has 0 aliphatic heterocycles. The van der Waals surface area contributed by atoms with E-state index < -0.39 is 84.9 Å². The second kappa shape index (κ2) is 13.1. The average Bonchev–Trinajstić information content (AvgIpc) is 2.94. The molecule has 0 fully saturated rings. The molecule has 249 valence electrons. The largest absolute Gasteiger partial charge is 0.493 e. The zero-order chi connectivity index (χ0) is 33.5. The smallest absolute Gasteiger partial charge is 0.297 e. The minimum atomic E-state index is -5.26. The van der Waals surface area contributed by atoms with Crippen LogP contribution in [0.2, 0.25) is 0 Å². The number of hydrogen-bond acceptors (Lipinski definition) is 15. The number of Topliss-reactive ketones (excluding diaryl/α,β-unsaturated/α-hetero) is 1. The third-order valence-corrected chi connectivity index (χ3v) is 8.76. The van der Waals surface area contributed by atoms with E-state index in [1.165, 1.54) is 26.4 Å². The van der Waals surface area contributed by atoms with Crippen LogP contribution in [0.1, 0.15) is 15.9 Å². The SMILES string of the molecule is COc1cc(N/N=C2/C=C(S(=O)(=O)O)C=CC2=O)c(N/N=C2/C(=O)c3ccc(N)c(S(=O)(=O)O)c3C=C2S(=O)(=O)O)cc1OC.[Cu]. The van der Waals surface area contributed by atoms with Crippen LogP contribution in [0.5, 0.6) is 11.5 Å². The van der Waals surface area contributed by atoms with Crippen molar-refractivity contribution in [3.63, 3.8) is 0 Å². The number of carbonyl (C=O) groups excluding carboxylic acids is 2. The Balaban J connectivity index is 0.00000576. The fourth-order valence-corrected chi connectivity index (χ4v) is 6.00. The van der Waals surface area contributed by atoms with Crippen LogP contribution in [0.25, 0.3) is 6.08 Å². The zero-order valence-electron chi connectivity index (χ0n) is 23.0. The summed E-state index contributed by atoms with van der Waals surface area (Å²) < 4.78 is 111. The summed E-state index contributed by atoms with van der Waals surface area (Å²) in [6, 6.07) is 4.54. The number of nitrogens with zero attached hydrogens (tertiary/aromatic N) is 2. The van der Waals surface area contributed by atoms with Gasteiger partial charge in [-0.25, -0.2) is 0 Å². The van der Waals surface area contributed by atoms with Crippen LogP contribution in [0, 0.1) is 0 Å². The molecule has 2 aliphatic rings. The topological polar surface area (TPSA) is 291 Å². The van der Waals surface area contributed by atoms with E-state index in [2.05, 4.69) is 21.1 Å². The van der Waals surface area contributed by atoms with E-state index in [1.54, 1.807) is 0 Å². The quantitative estimate of drug-likeness (QED) is 0.0688. The Labute approximate surface area is 271 Å². The molecule has 7 N–H and O–H groups in total. The summed E-state index contributed by atoms with van der Waals surface area (Å²) in [6.07, 6.45) is 3.09. The third-order valence-electron chi connectivity index (χ3n) is 6.07. The van der Waals surface area contributed by atoms with Gasteiger partial charge in [-0.1, -0.05) is 0 Å². The van der Waals surface area contributed by atoms with Crippen LogP contribution < -0.4 is 26.1 Å². The summed E-state index contributed by atoms with van der Waals surface area (Å²) in [4.78, 5) is 22.9. The Kier molecular flexibility index (Phi) is 10.3. The molecule has 0 saturated heterocycles. The van der Waals surface area contributed by atoms with Crippen molar-refractivity contribution in [3.8, 4) is 11.5 Å². The van der Waals surface area contributed by atoms with Crippen molar-refractivity contribution in [2.45, 2.75) is 4.90 Å². The fourth-order valence-electron chi connectivity index (χ4n) is 4.03. The molecule has 22 heteroatoms. The number of anilines is 3. The average molecular weight is 747 g/mol. The van der Waals surface area contributed by atoms with Gasteiger partial charge in [0.1, 0.15) is 15.5 Å². The van der Waals surface area contributed by atoms with Crippen LogP contribution in [-0.4, -0.2) is 76.1 Å². The van der Waals surface area contributed by atoms with Gasteiger partial charge in [-0.2, -0.15) is 35.5 Å². The van der Waals surface area contributed by atoms with Crippen LogP contribution in [0.3, 0.4) is 0 Å². The molecule has 18 nitrogen and oxygen atoms in total. The Hall–Kier alpha value is -4.41. The first-order valence-corrected chi connectivity index (χ1v) is 16.2. The van der Waals surface area contributed by atoms with Gasteiger partial charge in [0.25, 0.3) is 30.4 Å². The van der Waals surface area contributed by atoms with E-state index in [4.69, 9.17) is 15.2 Å². The monoisotopic (exact) mass is 746 g/mol. The Morgan fingerprint density at radius 1 is 0.783 bits per heavy atom. The summed E-state index contributed by atoms with van der Waals surface area (Å²) in [5, 5.41) is 7.67. The van der Waals surface area contributed by atoms with Gasteiger partial charge in [-0.3, -0.25) is 34.1 Å². The molecular formula is C24H21CuN5O13S3. The van der Waals surface area contributed by atoms with E-state index in [0.29, 0.717) is 6.08 Å². The summed E-state index contributed by atoms with van der Waals surface area (Å²) >= 11 is 0. The predicted octanol–water partition coefficient (Wildman–Crippen LogP) is 1.10. The first-order chi connectivity index (χ1) is 20.9. The second-order valence-corrected chi connectivity index (χ2v) is 13.1. The van der Waals surface area contributed by atoms with Gasteiger partial charge in [-0.15, -0.1) is 0 Å². The van der Waals surface area contributed by atoms with E-state index in [1.807, 2.05) is 0 Å². The Morgan fingerprint density at radius 3 is 1.85 bits per heavy atom. The number of rotatable bonds is 9. The molecule has 0 spiro atoms. The summed E-state index contributed by atoms with van der Waals surface area (Å²) in [7, 11) is -12.5. The maximum atomic E-state index is 13.4. The van der Waals surface area contributed by atoms with Crippen molar-refractivity contribution in [1.29, 1.82) is 0 Å². The van der Waals surface area contributed by atoms with Crippen LogP contribution in [0.15, 0.2) is 67.4 Å². The fraction of sp³-hybridized carbons (Fsp3) is 0.0833. The standard InChI is InChI=1S/C24H21N5O13S3.Cu/c1-41-19-9-15(26-28-17-7-11(43(32,33)34)3-6-18(17)30)16(10-20(19)42-2)27-29-22-21(44(35,36)37)8-13-12(23(22)31)4-5-14(25)24(13)45(38,39)40;/h3-10,26-27H,25H2,1-2H3,(H,32,33,34)(H,35,36,37)(H,38,39,40);/b28-17-,29-22+;. The number of benzene rings is 2. The molecular weight excluding hydrogens is 726 g/mol. The molecule has 0 atom stereocenters. The number of ether oxygens (including phenoxy) is 2. The van der Waals surface area contributed by atoms with Crippen molar-refractivity contribution in [3.05, 3.63) is 63.4 Å². The van der Waals surface area contributed by atoms with Gasteiger partial charge in [0.05, 0.1) is 36.2 Å². The van der Waals surface area contributed by atoms with Crippen molar-refractivity contribution in [1.82, 2.24) is 0 Å². The third kappa shape index (κ3) is 7.35. The number of hydrogen-bond donors (Lipinski definition) is 6. The molecule has 0 saturated carbocycles. The number of nitrogen functional groups attached to an aromatic ring is 1. The minimum absolute atomic E-state index is 0. The number of hydrazone groups is 2. The van der Waals surface area contributed by atoms with Gasteiger partial charge < -0.3 is 15.2 Å². The van der Waals surface area contributed by atoms with Gasteiger partial charge in [-0.05, 0) is 36.4 Å². The zero-order valence-corrected chi connectivity index (χ0v) is 26.4. The summed E-state index contributed by atoms with van der Waals surface area (Å²) in [5.74, 6) is -1.78. The molecule has 0 bridgehead atoms. The molecule has 46 heavy (non-hydrogen) atoms. The van der Waals surface area contributed by atoms with E-state index in [-0.39, 0.29) is 39.9 Å². The van der Waals surface area contributed by atoms with Crippen molar-refractivity contribution in [2.75, 3.05) is 30.8 Å². The number of fused-ring (bicyclic) bond motifs is 1. The van der Waals surface area contributed by atoms with E-state index in [0.717, 1.165) is 30.4 Å². The minimum Gasteiger partial charge on any atom is -0.493 e. The number of nitrogens with one attached hydrogen (secondary N) is 2. The molecule has 0 amide bonds. The van der Waals surface area contributed by atoms with E-state index in [9.17, 15) is 48.5 Å². The summed E-state index contributed by atoms with van der Waals surface area (Å²) in [6.45, 7) is 0. The molecule has 0 heterocycles. The normalized spacial score (nSPS) is 16.7. The number of carbonyl (C=O) groups is 2.